The molecule has 0 fully saturated rings. The van der Waals surface area contributed by atoms with Crippen LogP contribution in [0.4, 0.5) is 4.39 Å². The first kappa shape index (κ1) is 22.1. The number of imidazole rings is 1. The van der Waals surface area contributed by atoms with E-state index in [2.05, 4.69) is 10.3 Å². The number of carbonyl (C=O) groups is 1. The van der Waals surface area contributed by atoms with Crippen molar-refractivity contribution in [2.24, 2.45) is 7.05 Å². The monoisotopic (exact) mass is 427 g/mol. The zero-order valence-electron chi connectivity index (χ0n) is 18.2. The number of ether oxygens (including phenoxy) is 3. The van der Waals surface area contributed by atoms with Crippen LogP contribution < -0.4 is 19.5 Å². The van der Waals surface area contributed by atoms with Gasteiger partial charge in [-0.1, -0.05) is 0 Å². The molecule has 0 radical (unpaired) electrons. The van der Waals surface area contributed by atoms with E-state index in [-0.39, 0.29) is 11.7 Å². The van der Waals surface area contributed by atoms with Crippen LogP contribution in [0.1, 0.15) is 31.3 Å². The molecule has 1 aromatic heterocycles. The van der Waals surface area contributed by atoms with Crippen molar-refractivity contribution in [1.29, 1.82) is 0 Å². The molecule has 1 atom stereocenters. The summed E-state index contributed by atoms with van der Waals surface area (Å²) in [6.45, 7) is 3.29. The summed E-state index contributed by atoms with van der Waals surface area (Å²) in [7, 11) is 4.97. The molecule has 0 saturated carbocycles. The van der Waals surface area contributed by atoms with Crippen molar-refractivity contribution in [1.82, 2.24) is 14.9 Å². The van der Waals surface area contributed by atoms with E-state index < -0.39 is 11.6 Å². The molecule has 1 N–H and O–H groups in total. The Bertz CT molecular complexity index is 1020. The van der Waals surface area contributed by atoms with Crippen LogP contribution in [-0.4, -0.2) is 35.3 Å². The van der Waals surface area contributed by atoms with Crippen LogP contribution in [0.15, 0.2) is 54.9 Å². The van der Waals surface area contributed by atoms with E-state index in [0.29, 0.717) is 23.1 Å². The number of amides is 1. The van der Waals surface area contributed by atoms with Crippen molar-refractivity contribution in [3.8, 4) is 17.2 Å². The van der Waals surface area contributed by atoms with E-state index in [9.17, 15) is 9.18 Å². The molecule has 0 aliphatic carbocycles. The Morgan fingerprint density at radius 1 is 1.06 bits per heavy atom. The summed E-state index contributed by atoms with van der Waals surface area (Å²) in [4.78, 5) is 17.6. The summed E-state index contributed by atoms with van der Waals surface area (Å²) in [5, 5.41) is 3.02. The average Bonchev–Trinajstić information content (AvgIpc) is 3.18. The lowest BCUT2D eigenvalue weighted by molar-refractivity contribution is -0.134. The Hall–Kier alpha value is -3.55. The molecule has 0 saturated heterocycles. The summed E-state index contributed by atoms with van der Waals surface area (Å²) in [5.74, 6) is 1.44. The van der Waals surface area contributed by atoms with Crippen LogP contribution in [0, 0.1) is 5.82 Å². The van der Waals surface area contributed by atoms with Crippen molar-refractivity contribution in [3.05, 3.63) is 72.1 Å². The van der Waals surface area contributed by atoms with Gasteiger partial charge in [0.15, 0.2) is 5.60 Å². The number of hydrogen-bond acceptors (Lipinski definition) is 5. The highest BCUT2D eigenvalue weighted by molar-refractivity contribution is 5.85. The SMILES string of the molecule is COc1cc(OC)cc(C(NC(=O)C(C)(C)Oc2ccc(F)cc2)c2nccn2C)c1. The normalized spacial score (nSPS) is 12.2. The first-order chi connectivity index (χ1) is 14.7. The number of carbonyl (C=O) groups excluding carboxylic acids is 1. The third-order valence-corrected chi connectivity index (χ3v) is 4.83. The number of benzene rings is 2. The number of aryl methyl sites for hydroxylation is 1. The molecule has 1 amide bonds. The third-order valence-electron chi connectivity index (χ3n) is 4.83. The van der Waals surface area contributed by atoms with Crippen molar-refractivity contribution in [2.75, 3.05) is 14.2 Å². The second-order valence-corrected chi connectivity index (χ2v) is 7.52. The Morgan fingerprint density at radius 3 is 2.19 bits per heavy atom. The predicted octanol–water partition coefficient (Wildman–Crippen LogP) is 3.64. The Morgan fingerprint density at radius 2 is 1.68 bits per heavy atom. The van der Waals surface area contributed by atoms with E-state index in [0.717, 1.165) is 5.56 Å². The second-order valence-electron chi connectivity index (χ2n) is 7.52. The minimum atomic E-state index is -1.23. The molecule has 0 bridgehead atoms. The van der Waals surface area contributed by atoms with E-state index in [1.165, 1.54) is 24.3 Å². The first-order valence-corrected chi connectivity index (χ1v) is 9.69. The molecule has 0 aliphatic rings. The zero-order valence-corrected chi connectivity index (χ0v) is 18.2. The molecular weight excluding hydrogens is 401 g/mol. The van der Waals surface area contributed by atoms with Crippen molar-refractivity contribution in [2.45, 2.75) is 25.5 Å². The summed E-state index contributed by atoms with van der Waals surface area (Å²) in [5.41, 5.74) is -0.499. The molecule has 164 valence electrons. The summed E-state index contributed by atoms with van der Waals surface area (Å²) >= 11 is 0. The molecule has 1 heterocycles. The molecule has 3 aromatic rings. The van der Waals surface area contributed by atoms with Crippen molar-refractivity contribution in [3.63, 3.8) is 0 Å². The van der Waals surface area contributed by atoms with Crippen LogP contribution in [0.3, 0.4) is 0 Å². The molecule has 31 heavy (non-hydrogen) atoms. The lowest BCUT2D eigenvalue weighted by Crippen LogP contribution is -2.48. The maximum absolute atomic E-state index is 13.2. The summed E-state index contributed by atoms with van der Waals surface area (Å²) in [6.07, 6.45) is 3.46. The van der Waals surface area contributed by atoms with Gasteiger partial charge in [-0.25, -0.2) is 9.37 Å². The van der Waals surface area contributed by atoms with E-state index in [1.54, 1.807) is 46.5 Å². The fraction of sp³-hybridized carbons (Fsp3) is 0.304. The van der Waals surface area contributed by atoms with E-state index in [1.807, 2.05) is 23.7 Å². The number of halogens is 1. The third kappa shape index (κ3) is 5.14. The van der Waals surface area contributed by atoms with Crippen LogP contribution in [0.2, 0.25) is 0 Å². The zero-order chi connectivity index (χ0) is 22.6. The molecule has 0 spiro atoms. The smallest absolute Gasteiger partial charge is 0.264 e. The minimum Gasteiger partial charge on any atom is -0.497 e. The van der Waals surface area contributed by atoms with Crippen LogP contribution in [0.5, 0.6) is 17.2 Å². The number of nitrogens with zero attached hydrogens (tertiary/aromatic N) is 2. The number of nitrogens with one attached hydrogen (secondary N) is 1. The fourth-order valence-corrected chi connectivity index (χ4v) is 3.10. The maximum Gasteiger partial charge on any atom is 0.264 e. The van der Waals surface area contributed by atoms with Crippen LogP contribution >= 0.6 is 0 Å². The van der Waals surface area contributed by atoms with Gasteiger partial charge in [0.1, 0.15) is 34.9 Å². The lowest BCUT2D eigenvalue weighted by Gasteiger charge is -2.28. The van der Waals surface area contributed by atoms with E-state index in [4.69, 9.17) is 14.2 Å². The highest BCUT2D eigenvalue weighted by atomic mass is 19.1. The largest absolute Gasteiger partial charge is 0.497 e. The highest BCUT2D eigenvalue weighted by Gasteiger charge is 2.33. The van der Waals surface area contributed by atoms with Gasteiger partial charge in [0, 0.05) is 25.5 Å². The molecule has 0 aliphatic heterocycles. The first-order valence-electron chi connectivity index (χ1n) is 9.69. The van der Waals surface area contributed by atoms with Gasteiger partial charge in [0.25, 0.3) is 5.91 Å². The van der Waals surface area contributed by atoms with Gasteiger partial charge in [-0.15, -0.1) is 0 Å². The Labute approximate surface area is 180 Å². The van der Waals surface area contributed by atoms with Crippen molar-refractivity contribution < 1.29 is 23.4 Å². The number of methoxy groups -OCH3 is 2. The fourth-order valence-electron chi connectivity index (χ4n) is 3.10. The van der Waals surface area contributed by atoms with Crippen LogP contribution in [0.25, 0.3) is 0 Å². The van der Waals surface area contributed by atoms with Gasteiger partial charge in [0.05, 0.1) is 14.2 Å². The van der Waals surface area contributed by atoms with Gasteiger partial charge < -0.3 is 24.1 Å². The van der Waals surface area contributed by atoms with Gasteiger partial charge in [-0.2, -0.15) is 0 Å². The minimum absolute atomic E-state index is 0.369. The molecular formula is C23H26FN3O4. The average molecular weight is 427 g/mol. The van der Waals surface area contributed by atoms with Crippen LogP contribution in [-0.2, 0) is 11.8 Å². The number of rotatable bonds is 8. The lowest BCUT2D eigenvalue weighted by atomic mass is 10.0. The molecule has 2 aromatic carbocycles. The molecule has 8 heteroatoms. The predicted molar refractivity (Wildman–Crippen MR) is 114 cm³/mol. The highest BCUT2D eigenvalue weighted by Crippen LogP contribution is 2.30. The van der Waals surface area contributed by atoms with E-state index >= 15 is 0 Å². The number of hydrogen-bond donors (Lipinski definition) is 1. The second kappa shape index (κ2) is 9.07. The molecule has 3 rings (SSSR count). The van der Waals surface area contributed by atoms with Gasteiger partial charge in [-0.3, -0.25) is 4.79 Å². The summed E-state index contributed by atoms with van der Waals surface area (Å²) < 4.78 is 31.6. The molecule has 7 nitrogen and oxygen atoms in total. The van der Waals surface area contributed by atoms with Gasteiger partial charge in [-0.05, 0) is 55.8 Å². The van der Waals surface area contributed by atoms with Gasteiger partial charge >= 0.3 is 0 Å². The standard InChI is InChI=1S/C23H26FN3O4/c1-23(2,31-17-8-6-16(24)7-9-17)22(28)26-20(21-25-10-11-27(21)3)15-12-18(29-4)14-19(13-15)30-5/h6-14,20H,1-5H3,(H,26,28). The Kier molecular flexibility index (Phi) is 6.48. The maximum atomic E-state index is 13.2. The quantitative estimate of drug-likeness (QED) is 0.594. The summed E-state index contributed by atoms with van der Waals surface area (Å²) in [6, 6.07) is 10.3. The van der Waals surface area contributed by atoms with Crippen molar-refractivity contribution >= 4 is 5.91 Å². The van der Waals surface area contributed by atoms with Gasteiger partial charge in [0.2, 0.25) is 0 Å². The topological polar surface area (TPSA) is 74.6 Å². The molecule has 1 unspecified atom stereocenters. The Balaban J connectivity index is 1.93. The number of aromatic nitrogens is 2.